The van der Waals surface area contributed by atoms with Crippen molar-refractivity contribution in [1.29, 1.82) is 0 Å². The molecule has 0 aromatic heterocycles. The third-order valence-corrected chi connectivity index (χ3v) is 1.99. The molecule has 0 unspecified atom stereocenters. The smallest absolute Gasteiger partial charge is 0.0414 e. The summed E-state index contributed by atoms with van der Waals surface area (Å²) in [5.74, 6) is 0. The van der Waals surface area contributed by atoms with Gasteiger partial charge in [0, 0.05) is 17.1 Å². The molecule has 0 aliphatic carbocycles. The standard InChI is InChI=1S/C8H13N3.C2H6/c1-4-6(9)3-7(10)5(2)8(4)11;1-2/h3H,9-11H2,1-2H3;1-2H3. The van der Waals surface area contributed by atoms with Crippen LogP contribution >= 0.6 is 0 Å². The Morgan fingerprint density at radius 2 is 1.15 bits per heavy atom. The normalized spacial score (nSPS) is 8.92. The number of nitrogens with two attached hydrogens (primary N) is 3. The van der Waals surface area contributed by atoms with Gasteiger partial charge in [-0.1, -0.05) is 13.8 Å². The van der Waals surface area contributed by atoms with Gasteiger partial charge in [0.1, 0.15) is 0 Å². The summed E-state index contributed by atoms with van der Waals surface area (Å²) in [6, 6.07) is 1.74. The SMILES string of the molecule is CC.Cc1c(N)cc(N)c(C)c1N. The van der Waals surface area contributed by atoms with E-state index >= 15 is 0 Å². The topological polar surface area (TPSA) is 78.1 Å². The quantitative estimate of drug-likeness (QED) is 0.536. The van der Waals surface area contributed by atoms with Crippen LogP contribution in [0.1, 0.15) is 25.0 Å². The van der Waals surface area contributed by atoms with Crippen molar-refractivity contribution in [3.8, 4) is 0 Å². The molecule has 74 valence electrons. The summed E-state index contributed by atoms with van der Waals surface area (Å²) < 4.78 is 0. The van der Waals surface area contributed by atoms with E-state index in [1.54, 1.807) is 6.07 Å². The van der Waals surface area contributed by atoms with Crippen molar-refractivity contribution in [2.45, 2.75) is 27.7 Å². The van der Waals surface area contributed by atoms with Crippen molar-refractivity contribution in [3.05, 3.63) is 17.2 Å². The number of hydrogen-bond acceptors (Lipinski definition) is 3. The summed E-state index contributed by atoms with van der Waals surface area (Å²) in [6.45, 7) is 7.77. The monoisotopic (exact) mass is 181 g/mol. The van der Waals surface area contributed by atoms with E-state index in [1.165, 1.54) is 0 Å². The number of benzene rings is 1. The van der Waals surface area contributed by atoms with E-state index in [9.17, 15) is 0 Å². The average molecular weight is 181 g/mol. The van der Waals surface area contributed by atoms with Gasteiger partial charge in [0.25, 0.3) is 0 Å². The number of hydrogen-bond donors (Lipinski definition) is 3. The van der Waals surface area contributed by atoms with Crippen LogP contribution in [-0.2, 0) is 0 Å². The molecule has 0 fully saturated rings. The Bertz CT molecular complexity index is 266. The third-order valence-electron chi connectivity index (χ3n) is 1.99. The first-order valence-electron chi connectivity index (χ1n) is 4.44. The summed E-state index contributed by atoms with van der Waals surface area (Å²) in [6.07, 6.45) is 0. The van der Waals surface area contributed by atoms with Crippen LogP contribution in [0.3, 0.4) is 0 Å². The van der Waals surface area contributed by atoms with Gasteiger partial charge in [-0.3, -0.25) is 0 Å². The van der Waals surface area contributed by atoms with Crippen molar-refractivity contribution < 1.29 is 0 Å². The van der Waals surface area contributed by atoms with E-state index in [4.69, 9.17) is 17.2 Å². The van der Waals surface area contributed by atoms with E-state index in [2.05, 4.69) is 0 Å². The molecular formula is C10H19N3. The van der Waals surface area contributed by atoms with Crippen LogP contribution in [0.5, 0.6) is 0 Å². The molecule has 3 nitrogen and oxygen atoms in total. The van der Waals surface area contributed by atoms with Gasteiger partial charge < -0.3 is 17.2 Å². The fourth-order valence-electron chi connectivity index (χ4n) is 0.976. The maximum Gasteiger partial charge on any atom is 0.0414 e. The van der Waals surface area contributed by atoms with Gasteiger partial charge in [-0.15, -0.1) is 0 Å². The van der Waals surface area contributed by atoms with E-state index in [1.807, 2.05) is 27.7 Å². The maximum atomic E-state index is 5.72. The largest absolute Gasteiger partial charge is 0.398 e. The molecule has 0 saturated carbocycles. The van der Waals surface area contributed by atoms with Crippen molar-refractivity contribution in [2.24, 2.45) is 0 Å². The molecule has 0 spiro atoms. The predicted molar refractivity (Wildman–Crippen MR) is 60.5 cm³/mol. The first-order valence-corrected chi connectivity index (χ1v) is 4.44. The zero-order chi connectivity index (χ0) is 10.6. The molecule has 0 radical (unpaired) electrons. The second kappa shape index (κ2) is 4.60. The average Bonchev–Trinajstić information content (AvgIpc) is 2.15. The molecule has 1 aromatic rings. The van der Waals surface area contributed by atoms with Crippen LogP contribution in [0.2, 0.25) is 0 Å². The first-order chi connectivity index (χ1) is 6.04. The lowest BCUT2D eigenvalue weighted by molar-refractivity contribution is 1.39. The summed E-state index contributed by atoms with van der Waals surface area (Å²) >= 11 is 0. The lowest BCUT2D eigenvalue weighted by Crippen LogP contribution is -2.02. The van der Waals surface area contributed by atoms with Crippen molar-refractivity contribution in [3.63, 3.8) is 0 Å². The number of rotatable bonds is 0. The summed E-state index contributed by atoms with van der Waals surface area (Å²) in [7, 11) is 0. The lowest BCUT2D eigenvalue weighted by Gasteiger charge is -2.09. The molecule has 6 N–H and O–H groups in total. The zero-order valence-corrected chi connectivity index (χ0v) is 8.81. The van der Waals surface area contributed by atoms with Crippen LogP contribution < -0.4 is 17.2 Å². The Morgan fingerprint density at radius 3 is 1.46 bits per heavy atom. The van der Waals surface area contributed by atoms with E-state index in [0.29, 0.717) is 17.1 Å². The van der Waals surface area contributed by atoms with Gasteiger partial charge in [-0.2, -0.15) is 0 Å². The van der Waals surface area contributed by atoms with E-state index in [-0.39, 0.29) is 0 Å². The second-order valence-electron chi connectivity index (χ2n) is 2.72. The zero-order valence-electron chi connectivity index (χ0n) is 8.81. The van der Waals surface area contributed by atoms with Gasteiger partial charge in [-0.25, -0.2) is 0 Å². The van der Waals surface area contributed by atoms with Crippen molar-refractivity contribution >= 4 is 17.1 Å². The number of anilines is 3. The van der Waals surface area contributed by atoms with Crippen LogP contribution in [0, 0.1) is 13.8 Å². The molecule has 0 bridgehead atoms. The molecule has 1 aromatic carbocycles. The Kier molecular flexibility index (Phi) is 4.11. The van der Waals surface area contributed by atoms with E-state index in [0.717, 1.165) is 11.1 Å². The third kappa shape index (κ3) is 2.28. The second-order valence-corrected chi connectivity index (χ2v) is 2.72. The molecule has 0 saturated heterocycles. The highest BCUT2D eigenvalue weighted by atomic mass is 14.7. The van der Waals surface area contributed by atoms with E-state index < -0.39 is 0 Å². The first kappa shape index (κ1) is 11.6. The molecule has 13 heavy (non-hydrogen) atoms. The van der Waals surface area contributed by atoms with Gasteiger partial charge in [-0.05, 0) is 31.0 Å². The summed E-state index contributed by atoms with van der Waals surface area (Å²) in [5, 5.41) is 0. The fraction of sp³-hybridized carbons (Fsp3) is 0.400. The molecule has 0 amide bonds. The van der Waals surface area contributed by atoms with Crippen LogP contribution in [0.15, 0.2) is 6.07 Å². The predicted octanol–water partition coefficient (Wildman–Crippen LogP) is 2.08. The minimum atomic E-state index is 0.658. The molecular weight excluding hydrogens is 162 g/mol. The molecule has 0 heterocycles. The fourth-order valence-corrected chi connectivity index (χ4v) is 0.976. The Morgan fingerprint density at radius 1 is 0.846 bits per heavy atom. The molecule has 0 aliphatic rings. The van der Waals surface area contributed by atoms with Crippen LogP contribution in [0.25, 0.3) is 0 Å². The van der Waals surface area contributed by atoms with Crippen LogP contribution in [-0.4, -0.2) is 0 Å². The number of nitrogen functional groups attached to an aromatic ring is 3. The maximum absolute atomic E-state index is 5.72. The highest BCUT2D eigenvalue weighted by molar-refractivity contribution is 5.73. The molecule has 0 atom stereocenters. The Hall–Kier alpha value is -1.38. The molecule has 3 heteroatoms. The summed E-state index contributed by atoms with van der Waals surface area (Å²) in [5.41, 5.74) is 20.8. The minimum absolute atomic E-state index is 0.658. The van der Waals surface area contributed by atoms with Gasteiger partial charge in [0.05, 0.1) is 0 Å². The Labute approximate surface area is 79.9 Å². The highest BCUT2D eigenvalue weighted by Crippen LogP contribution is 2.27. The van der Waals surface area contributed by atoms with Gasteiger partial charge in [0.2, 0.25) is 0 Å². The van der Waals surface area contributed by atoms with Crippen LogP contribution in [0.4, 0.5) is 17.1 Å². The summed E-state index contributed by atoms with van der Waals surface area (Å²) in [4.78, 5) is 0. The molecule has 1 rings (SSSR count). The molecule has 0 aliphatic heterocycles. The Balaban J connectivity index is 0.000000671. The van der Waals surface area contributed by atoms with Crippen molar-refractivity contribution in [2.75, 3.05) is 17.2 Å². The van der Waals surface area contributed by atoms with Gasteiger partial charge in [0.15, 0.2) is 0 Å². The van der Waals surface area contributed by atoms with Gasteiger partial charge >= 0.3 is 0 Å². The van der Waals surface area contributed by atoms with Crippen molar-refractivity contribution in [1.82, 2.24) is 0 Å². The minimum Gasteiger partial charge on any atom is -0.398 e. The lowest BCUT2D eigenvalue weighted by atomic mass is 10.1. The highest BCUT2D eigenvalue weighted by Gasteiger charge is 2.04.